The van der Waals surface area contributed by atoms with Gasteiger partial charge in [0.05, 0.1) is 6.26 Å². The van der Waals surface area contributed by atoms with Crippen molar-refractivity contribution < 1.29 is 12.8 Å². The van der Waals surface area contributed by atoms with Crippen LogP contribution in [-0.2, 0) is 10.0 Å². The molecule has 1 unspecified atom stereocenters. The topological polar surface area (TPSA) is 85.1 Å². The Balaban J connectivity index is 2.87. The number of nitrogens with one attached hydrogen (secondary N) is 1. The number of hydrogen-bond acceptors (Lipinski definition) is 5. The van der Waals surface area contributed by atoms with Crippen LogP contribution >= 0.6 is 0 Å². The number of aromatic nitrogens is 2. The normalized spacial score (nSPS) is 14.3. The molecule has 1 aromatic rings. The maximum atomic E-state index is 11.2. The second kappa shape index (κ2) is 4.92. The Morgan fingerprint density at radius 2 is 2.00 bits per heavy atom. The SMILES string of the molecule is Cc1nnc(C(CC(C)C)NS(C)(=O)=O)o1. The Kier molecular flexibility index (Phi) is 4.03. The second-order valence-corrected chi connectivity index (χ2v) is 6.01. The molecule has 0 saturated carbocycles. The zero-order chi connectivity index (χ0) is 12.3. The monoisotopic (exact) mass is 247 g/mol. The van der Waals surface area contributed by atoms with Crippen molar-refractivity contribution in [2.24, 2.45) is 5.92 Å². The van der Waals surface area contributed by atoms with Crippen molar-refractivity contribution in [2.75, 3.05) is 6.26 Å². The quantitative estimate of drug-likeness (QED) is 0.839. The van der Waals surface area contributed by atoms with Gasteiger partial charge in [-0.15, -0.1) is 10.2 Å². The summed E-state index contributed by atoms with van der Waals surface area (Å²) in [5.74, 6) is 1.07. The molecular weight excluding hydrogens is 230 g/mol. The standard InChI is InChI=1S/C9H17N3O3S/c1-6(2)5-8(12-16(4,13)14)9-11-10-7(3)15-9/h6,8,12H,5H2,1-4H3. The number of rotatable bonds is 5. The highest BCUT2D eigenvalue weighted by Gasteiger charge is 2.22. The van der Waals surface area contributed by atoms with Crippen molar-refractivity contribution in [2.45, 2.75) is 33.2 Å². The van der Waals surface area contributed by atoms with Crippen LogP contribution < -0.4 is 4.72 Å². The molecule has 7 heteroatoms. The fourth-order valence-electron chi connectivity index (χ4n) is 1.38. The Hall–Kier alpha value is -0.950. The molecule has 0 aliphatic heterocycles. The molecule has 0 aromatic carbocycles. The van der Waals surface area contributed by atoms with Gasteiger partial charge in [0.15, 0.2) is 0 Å². The molecule has 1 heterocycles. The predicted molar refractivity (Wildman–Crippen MR) is 59.2 cm³/mol. The lowest BCUT2D eigenvalue weighted by Crippen LogP contribution is -2.28. The molecule has 0 bridgehead atoms. The number of aryl methyl sites for hydroxylation is 1. The van der Waals surface area contributed by atoms with Crippen LogP contribution in [0.3, 0.4) is 0 Å². The van der Waals surface area contributed by atoms with Crippen molar-refractivity contribution in [3.05, 3.63) is 11.8 Å². The summed E-state index contributed by atoms with van der Waals surface area (Å²) in [6.07, 6.45) is 1.73. The van der Waals surface area contributed by atoms with Crippen LogP contribution in [0.1, 0.15) is 38.1 Å². The maximum Gasteiger partial charge on any atom is 0.234 e. The Bertz CT molecular complexity index is 439. The van der Waals surface area contributed by atoms with Crippen LogP contribution in [-0.4, -0.2) is 24.9 Å². The molecule has 1 aromatic heterocycles. The molecule has 0 saturated heterocycles. The van der Waals surface area contributed by atoms with Gasteiger partial charge in [0.25, 0.3) is 0 Å². The molecule has 1 rings (SSSR count). The fourth-order valence-corrected chi connectivity index (χ4v) is 2.10. The molecule has 1 N–H and O–H groups in total. The third kappa shape index (κ3) is 4.28. The highest BCUT2D eigenvalue weighted by atomic mass is 32.2. The number of sulfonamides is 1. The molecule has 16 heavy (non-hydrogen) atoms. The Labute approximate surface area is 95.5 Å². The van der Waals surface area contributed by atoms with E-state index < -0.39 is 16.1 Å². The minimum absolute atomic E-state index is 0.316. The predicted octanol–water partition coefficient (Wildman–Crippen LogP) is 1.01. The van der Waals surface area contributed by atoms with E-state index in [1.54, 1.807) is 6.92 Å². The first kappa shape index (κ1) is 13.1. The zero-order valence-electron chi connectivity index (χ0n) is 9.89. The summed E-state index contributed by atoms with van der Waals surface area (Å²) in [5, 5.41) is 7.53. The van der Waals surface area contributed by atoms with E-state index in [9.17, 15) is 8.42 Å². The highest BCUT2D eigenvalue weighted by molar-refractivity contribution is 7.88. The van der Waals surface area contributed by atoms with E-state index >= 15 is 0 Å². The fraction of sp³-hybridized carbons (Fsp3) is 0.778. The van der Waals surface area contributed by atoms with Crippen molar-refractivity contribution in [3.63, 3.8) is 0 Å². The van der Waals surface area contributed by atoms with Crippen LogP contribution in [0.15, 0.2) is 4.42 Å². The summed E-state index contributed by atoms with van der Waals surface area (Å²) >= 11 is 0. The first-order valence-corrected chi connectivity index (χ1v) is 6.94. The van der Waals surface area contributed by atoms with Crippen molar-refractivity contribution in [1.82, 2.24) is 14.9 Å². The molecule has 0 aliphatic carbocycles. The van der Waals surface area contributed by atoms with E-state index in [0.29, 0.717) is 24.1 Å². The molecule has 6 nitrogen and oxygen atoms in total. The summed E-state index contributed by atoms with van der Waals surface area (Å²) in [7, 11) is -3.29. The summed E-state index contributed by atoms with van der Waals surface area (Å²) in [6, 6.07) is -0.448. The summed E-state index contributed by atoms with van der Waals surface area (Å²) in [4.78, 5) is 0. The van der Waals surface area contributed by atoms with E-state index in [1.165, 1.54) is 0 Å². The zero-order valence-corrected chi connectivity index (χ0v) is 10.7. The first-order chi connectivity index (χ1) is 7.28. The van der Waals surface area contributed by atoms with Crippen LogP contribution in [0.5, 0.6) is 0 Å². The van der Waals surface area contributed by atoms with Gasteiger partial charge in [0.1, 0.15) is 6.04 Å². The van der Waals surface area contributed by atoms with Crippen molar-refractivity contribution in [3.8, 4) is 0 Å². The van der Waals surface area contributed by atoms with Gasteiger partial charge in [-0.3, -0.25) is 0 Å². The molecule has 0 amide bonds. The van der Waals surface area contributed by atoms with Crippen LogP contribution in [0.4, 0.5) is 0 Å². The summed E-state index contributed by atoms with van der Waals surface area (Å²) in [6.45, 7) is 5.67. The van der Waals surface area contributed by atoms with Gasteiger partial charge in [-0.25, -0.2) is 13.1 Å². The van der Waals surface area contributed by atoms with Crippen molar-refractivity contribution in [1.29, 1.82) is 0 Å². The molecule has 0 spiro atoms. The van der Waals surface area contributed by atoms with Crippen LogP contribution in [0.2, 0.25) is 0 Å². The number of nitrogens with zero attached hydrogens (tertiary/aromatic N) is 2. The average molecular weight is 247 g/mol. The lowest BCUT2D eigenvalue weighted by molar-refractivity contribution is 0.372. The third-order valence-electron chi connectivity index (χ3n) is 1.90. The van der Waals surface area contributed by atoms with E-state index in [2.05, 4.69) is 14.9 Å². The lowest BCUT2D eigenvalue weighted by atomic mass is 10.0. The second-order valence-electron chi connectivity index (χ2n) is 4.23. The van der Waals surface area contributed by atoms with Gasteiger partial charge in [0, 0.05) is 6.92 Å². The Morgan fingerprint density at radius 1 is 1.38 bits per heavy atom. The summed E-state index contributed by atoms with van der Waals surface area (Å²) < 4.78 is 30.1. The first-order valence-electron chi connectivity index (χ1n) is 5.05. The minimum Gasteiger partial charge on any atom is -0.424 e. The van der Waals surface area contributed by atoms with E-state index in [1.807, 2.05) is 13.8 Å². The van der Waals surface area contributed by atoms with Gasteiger partial charge in [0.2, 0.25) is 21.8 Å². The van der Waals surface area contributed by atoms with E-state index in [-0.39, 0.29) is 0 Å². The smallest absolute Gasteiger partial charge is 0.234 e. The third-order valence-corrected chi connectivity index (χ3v) is 2.62. The van der Waals surface area contributed by atoms with Crippen LogP contribution in [0.25, 0.3) is 0 Å². The largest absolute Gasteiger partial charge is 0.424 e. The average Bonchev–Trinajstić information content (AvgIpc) is 2.47. The molecule has 92 valence electrons. The van der Waals surface area contributed by atoms with Gasteiger partial charge in [-0.05, 0) is 12.3 Å². The van der Waals surface area contributed by atoms with Gasteiger partial charge in [-0.1, -0.05) is 13.8 Å². The van der Waals surface area contributed by atoms with Gasteiger partial charge in [-0.2, -0.15) is 0 Å². The molecular formula is C9H17N3O3S. The van der Waals surface area contributed by atoms with Crippen molar-refractivity contribution >= 4 is 10.0 Å². The molecule has 1 atom stereocenters. The minimum atomic E-state index is -3.29. The van der Waals surface area contributed by atoms with Gasteiger partial charge < -0.3 is 4.42 Å². The lowest BCUT2D eigenvalue weighted by Gasteiger charge is -2.15. The maximum absolute atomic E-state index is 11.2. The van der Waals surface area contributed by atoms with E-state index in [0.717, 1.165) is 6.26 Å². The van der Waals surface area contributed by atoms with E-state index in [4.69, 9.17) is 4.42 Å². The molecule has 0 radical (unpaired) electrons. The van der Waals surface area contributed by atoms with Crippen LogP contribution in [0, 0.1) is 12.8 Å². The molecule has 0 aliphatic rings. The highest BCUT2D eigenvalue weighted by Crippen LogP contribution is 2.20. The molecule has 0 fully saturated rings. The summed E-state index contributed by atoms with van der Waals surface area (Å²) in [5.41, 5.74) is 0. The number of hydrogen-bond donors (Lipinski definition) is 1. The van der Waals surface area contributed by atoms with Gasteiger partial charge >= 0.3 is 0 Å². The Morgan fingerprint density at radius 3 is 2.38 bits per heavy atom.